The van der Waals surface area contributed by atoms with Crippen LogP contribution >= 0.6 is 11.3 Å². The van der Waals surface area contributed by atoms with E-state index in [1.54, 1.807) is 22.5 Å². The normalized spacial score (nSPS) is 17.9. The fraction of sp³-hybridized carbons (Fsp3) is 0.300. The van der Waals surface area contributed by atoms with Crippen LogP contribution in [-0.4, -0.2) is 36.4 Å². The molecule has 2 aromatic heterocycles. The number of hydrogen-bond acceptors (Lipinski definition) is 6. The van der Waals surface area contributed by atoms with Crippen molar-refractivity contribution in [1.29, 1.82) is 0 Å². The summed E-state index contributed by atoms with van der Waals surface area (Å²) in [5.74, 6) is 0.110. The van der Waals surface area contributed by atoms with Gasteiger partial charge in [-0.25, -0.2) is 8.42 Å². The molecule has 0 radical (unpaired) electrons. The highest BCUT2D eigenvalue weighted by Gasteiger charge is 2.30. The van der Waals surface area contributed by atoms with Crippen LogP contribution < -0.4 is 5.32 Å². The van der Waals surface area contributed by atoms with Gasteiger partial charge in [-0.15, -0.1) is 11.3 Å². The number of amides is 1. The predicted molar refractivity (Wildman–Crippen MR) is 111 cm³/mol. The topological polar surface area (TPSA) is 92.5 Å². The summed E-state index contributed by atoms with van der Waals surface area (Å²) >= 11 is 1.49. The third-order valence-corrected chi connectivity index (χ3v) is 7.88. The van der Waals surface area contributed by atoms with Crippen molar-refractivity contribution in [1.82, 2.24) is 9.46 Å². The zero-order chi connectivity index (χ0) is 20.4. The summed E-state index contributed by atoms with van der Waals surface area (Å²) in [4.78, 5) is 13.5. The van der Waals surface area contributed by atoms with Crippen LogP contribution in [0, 0.1) is 0 Å². The minimum Gasteiger partial charge on any atom is -0.355 e. The van der Waals surface area contributed by atoms with E-state index in [1.165, 1.54) is 23.5 Å². The molecule has 0 unspecified atom stereocenters. The molecule has 1 aromatic carbocycles. The molecule has 9 heteroatoms. The zero-order valence-corrected chi connectivity index (χ0v) is 17.5. The number of nitrogens with one attached hydrogen (secondary N) is 1. The Labute approximate surface area is 173 Å². The summed E-state index contributed by atoms with van der Waals surface area (Å²) < 4.78 is 32.6. The lowest BCUT2D eigenvalue weighted by Gasteiger charge is -2.32. The number of thiophene rings is 1. The van der Waals surface area contributed by atoms with Gasteiger partial charge in [0.2, 0.25) is 10.0 Å². The molecule has 3 heterocycles. The van der Waals surface area contributed by atoms with Crippen LogP contribution in [0.25, 0.3) is 10.6 Å². The molecule has 3 aromatic rings. The molecule has 1 amide bonds. The van der Waals surface area contributed by atoms with E-state index in [2.05, 4.69) is 10.5 Å². The first-order valence-corrected chi connectivity index (χ1v) is 11.7. The summed E-state index contributed by atoms with van der Waals surface area (Å²) in [7, 11) is -3.54. The number of sulfonamides is 1. The summed E-state index contributed by atoms with van der Waals surface area (Å²) in [6, 6.07) is 11.6. The van der Waals surface area contributed by atoms with Gasteiger partial charge in [0.05, 0.1) is 9.77 Å². The van der Waals surface area contributed by atoms with Crippen LogP contribution in [0.1, 0.15) is 36.7 Å². The van der Waals surface area contributed by atoms with Crippen molar-refractivity contribution in [2.24, 2.45) is 0 Å². The maximum atomic E-state index is 12.9. The smallest absolute Gasteiger partial charge is 0.277 e. The molecule has 0 aliphatic carbocycles. The van der Waals surface area contributed by atoms with Crippen molar-refractivity contribution in [2.75, 3.05) is 11.9 Å². The van der Waals surface area contributed by atoms with Crippen LogP contribution in [0.5, 0.6) is 0 Å². The van der Waals surface area contributed by atoms with Gasteiger partial charge in [-0.2, -0.15) is 4.31 Å². The highest BCUT2D eigenvalue weighted by molar-refractivity contribution is 7.89. The molecular formula is C20H21N3O4S2. The molecular weight excluding hydrogens is 410 g/mol. The molecule has 0 bridgehead atoms. The van der Waals surface area contributed by atoms with Gasteiger partial charge in [-0.05, 0) is 55.5 Å². The Morgan fingerprint density at radius 1 is 1.24 bits per heavy atom. The zero-order valence-electron chi connectivity index (χ0n) is 15.9. The number of aromatic nitrogens is 1. The third kappa shape index (κ3) is 4.12. The monoisotopic (exact) mass is 431 g/mol. The first kappa shape index (κ1) is 19.8. The number of anilines is 1. The van der Waals surface area contributed by atoms with E-state index in [0.29, 0.717) is 18.0 Å². The SMILES string of the molecule is C[C@H]1CCCCN1S(=O)(=O)c1ccc(NC(=O)c2cc(-c3cccs3)on2)cc1. The predicted octanol–water partition coefficient (Wildman–Crippen LogP) is 4.22. The molecule has 0 saturated carbocycles. The second kappa shape index (κ2) is 8.10. The molecule has 29 heavy (non-hydrogen) atoms. The Balaban J connectivity index is 1.46. The van der Waals surface area contributed by atoms with Gasteiger partial charge in [-0.1, -0.05) is 17.6 Å². The Hall–Kier alpha value is -2.49. The van der Waals surface area contributed by atoms with Crippen molar-refractivity contribution >= 4 is 33.0 Å². The molecule has 4 rings (SSSR count). The highest BCUT2D eigenvalue weighted by atomic mass is 32.2. The lowest BCUT2D eigenvalue weighted by atomic mass is 10.1. The minimum absolute atomic E-state index is 0.00200. The lowest BCUT2D eigenvalue weighted by Crippen LogP contribution is -2.41. The van der Waals surface area contributed by atoms with E-state index in [4.69, 9.17) is 4.52 Å². The van der Waals surface area contributed by atoms with Gasteiger partial charge < -0.3 is 9.84 Å². The van der Waals surface area contributed by atoms with Gasteiger partial charge in [0, 0.05) is 24.3 Å². The summed E-state index contributed by atoms with van der Waals surface area (Å²) in [5.41, 5.74) is 0.647. The van der Waals surface area contributed by atoms with Crippen molar-refractivity contribution in [2.45, 2.75) is 37.1 Å². The first-order chi connectivity index (χ1) is 13.9. The number of nitrogens with zero attached hydrogens (tertiary/aromatic N) is 2. The minimum atomic E-state index is -3.54. The Kier molecular flexibility index (Phi) is 5.53. The van der Waals surface area contributed by atoms with Gasteiger partial charge in [-0.3, -0.25) is 4.79 Å². The maximum Gasteiger partial charge on any atom is 0.277 e. The second-order valence-corrected chi connectivity index (χ2v) is 9.83. The van der Waals surface area contributed by atoms with Gasteiger partial charge in [0.15, 0.2) is 11.5 Å². The first-order valence-electron chi connectivity index (χ1n) is 9.39. The molecule has 152 valence electrons. The van der Waals surface area contributed by atoms with Crippen molar-refractivity contribution in [3.8, 4) is 10.6 Å². The lowest BCUT2D eigenvalue weighted by molar-refractivity contribution is 0.101. The molecule has 1 saturated heterocycles. The number of piperidine rings is 1. The number of hydrogen-bond donors (Lipinski definition) is 1. The third-order valence-electron chi connectivity index (χ3n) is 4.97. The Bertz CT molecular complexity index is 1090. The molecule has 1 atom stereocenters. The van der Waals surface area contributed by atoms with Gasteiger partial charge in [0.25, 0.3) is 5.91 Å². The van der Waals surface area contributed by atoms with E-state index >= 15 is 0 Å². The average Bonchev–Trinajstić information content (AvgIpc) is 3.40. The van der Waals surface area contributed by atoms with E-state index in [0.717, 1.165) is 24.1 Å². The van der Waals surface area contributed by atoms with Crippen molar-refractivity contribution in [3.05, 3.63) is 53.5 Å². The fourth-order valence-corrected chi connectivity index (χ4v) is 5.76. The number of carbonyl (C=O) groups is 1. The molecule has 1 aliphatic heterocycles. The van der Waals surface area contributed by atoms with Crippen molar-refractivity contribution < 1.29 is 17.7 Å². The summed E-state index contributed by atoms with van der Waals surface area (Å²) in [6.45, 7) is 2.48. The number of carbonyl (C=O) groups excluding carboxylic acids is 1. The largest absolute Gasteiger partial charge is 0.355 e. The average molecular weight is 432 g/mol. The van der Waals surface area contributed by atoms with E-state index in [9.17, 15) is 13.2 Å². The van der Waals surface area contributed by atoms with Crippen LogP contribution in [0.15, 0.2) is 57.3 Å². The molecule has 1 fully saturated rings. The van der Waals surface area contributed by atoms with Gasteiger partial charge >= 0.3 is 0 Å². The molecule has 1 aliphatic rings. The van der Waals surface area contributed by atoms with E-state index < -0.39 is 15.9 Å². The molecule has 1 N–H and O–H groups in total. The number of benzene rings is 1. The standard InChI is InChI=1S/C20H21N3O4S2/c1-14-5-2-3-11-23(14)29(25,26)16-9-7-15(8-10-16)21-20(24)17-13-18(27-22-17)19-6-4-12-28-19/h4,6-10,12-14H,2-3,5,11H2,1H3,(H,21,24)/t14-/m0/s1. The Morgan fingerprint density at radius 2 is 2.03 bits per heavy atom. The van der Waals surface area contributed by atoms with Crippen LogP contribution in [0.2, 0.25) is 0 Å². The molecule has 7 nitrogen and oxygen atoms in total. The van der Waals surface area contributed by atoms with Crippen molar-refractivity contribution in [3.63, 3.8) is 0 Å². The summed E-state index contributed by atoms with van der Waals surface area (Å²) in [6.07, 6.45) is 2.80. The maximum absolute atomic E-state index is 12.9. The van der Waals surface area contributed by atoms with E-state index in [-0.39, 0.29) is 16.6 Å². The van der Waals surface area contributed by atoms with Crippen LogP contribution in [0.3, 0.4) is 0 Å². The summed E-state index contributed by atoms with van der Waals surface area (Å²) in [5, 5.41) is 8.44. The van der Waals surface area contributed by atoms with Gasteiger partial charge in [0.1, 0.15) is 0 Å². The molecule has 0 spiro atoms. The second-order valence-electron chi connectivity index (χ2n) is 6.99. The Morgan fingerprint density at radius 3 is 2.72 bits per heavy atom. The number of rotatable bonds is 5. The quantitative estimate of drug-likeness (QED) is 0.653. The fourth-order valence-electron chi connectivity index (χ4n) is 3.39. The highest BCUT2D eigenvalue weighted by Crippen LogP contribution is 2.27. The van der Waals surface area contributed by atoms with Crippen LogP contribution in [0.4, 0.5) is 5.69 Å². The van der Waals surface area contributed by atoms with E-state index in [1.807, 2.05) is 24.4 Å². The van der Waals surface area contributed by atoms with Crippen LogP contribution in [-0.2, 0) is 10.0 Å².